The van der Waals surface area contributed by atoms with Crippen LogP contribution < -0.4 is 15.1 Å². The van der Waals surface area contributed by atoms with Crippen LogP contribution >= 0.6 is 12.4 Å². The lowest BCUT2D eigenvalue weighted by molar-refractivity contribution is -0.124. The van der Waals surface area contributed by atoms with Crippen LogP contribution in [-0.2, 0) is 22.7 Å². The van der Waals surface area contributed by atoms with Crippen LogP contribution in [-0.4, -0.2) is 69.3 Å². The highest BCUT2D eigenvalue weighted by molar-refractivity contribution is 5.95. The SMILES string of the molecule is CC(C)N1CCC(C(=O)N(Cc2ccc(-c3nnc(C(F)F)o3)cc2F)c2ccccc2)CC1.Cl.O=C(C1CCNCC1)N(Cc1ccc(-c2nnc(C(F)F)o2)cc1F)c1ccccc1. The predicted molar refractivity (Wildman–Crippen MR) is 237 cm³/mol. The molecule has 8 rings (SSSR count). The molecule has 2 aromatic heterocycles. The zero-order chi connectivity index (χ0) is 46.0. The van der Waals surface area contributed by atoms with Crippen LogP contribution in [0.2, 0.25) is 0 Å². The summed E-state index contributed by atoms with van der Waals surface area (Å²) in [6, 6.07) is 27.1. The van der Waals surface area contributed by atoms with Crippen molar-refractivity contribution in [3.8, 4) is 22.9 Å². The maximum Gasteiger partial charge on any atom is 0.314 e. The third-order valence-corrected chi connectivity index (χ3v) is 11.5. The number of para-hydroxylation sites is 2. The van der Waals surface area contributed by atoms with Gasteiger partial charge in [-0.05, 0) is 114 Å². The smallest absolute Gasteiger partial charge is 0.314 e. The minimum absolute atomic E-state index is 0. The van der Waals surface area contributed by atoms with E-state index < -0.39 is 36.3 Å². The number of piperidine rings is 2. The Morgan fingerprint density at radius 1 is 0.636 bits per heavy atom. The van der Waals surface area contributed by atoms with Gasteiger partial charge in [0.1, 0.15) is 11.6 Å². The Hall–Kier alpha value is -6.11. The van der Waals surface area contributed by atoms with Gasteiger partial charge >= 0.3 is 12.9 Å². The quantitative estimate of drug-likeness (QED) is 0.112. The summed E-state index contributed by atoms with van der Waals surface area (Å²) >= 11 is 0. The molecule has 0 saturated carbocycles. The zero-order valence-corrected chi connectivity index (χ0v) is 37.0. The molecule has 2 fully saturated rings. The van der Waals surface area contributed by atoms with Crippen molar-refractivity contribution in [2.24, 2.45) is 11.8 Å². The van der Waals surface area contributed by atoms with Crippen molar-refractivity contribution in [3.05, 3.63) is 132 Å². The summed E-state index contributed by atoms with van der Waals surface area (Å²) in [5, 5.41) is 16.9. The highest BCUT2D eigenvalue weighted by Gasteiger charge is 2.31. The summed E-state index contributed by atoms with van der Waals surface area (Å²) < 4.78 is 90.5. The fourth-order valence-electron chi connectivity index (χ4n) is 7.82. The van der Waals surface area contributed by atoms with Crippen molar-refractivity contribution in [2.45, 2.75) is 71.5 Å². The summed E-state index contributed by atoms with van der Waals surface area (Å²) in [5.74, 6) is -3.53. The Morgan fingerprint density at radius 3 is 1.41 bits per heavy atom. The number of nitrogens with one attached hydrogen (secondary N) is 1. The molecular formula is C47H49ClF6N8O4. The first-order chi connectivity index (χ1) is 31.4. The van der Waals surface area contributed by atoms with Gasteiger partial charge in [-0.25, -0.2) is 8.78 Å². The van der Waals surface area contributed by atoms with Crippen molar-refractivity contribution in [1.82, 2.24) is 30.6 Å². The van der Waals surface area contributed by atoms with E-state index in [1.54, 1.807) is 9.80 Å². The molecule has 0 bridgehead atoms. The van der Waals surface area contributed by atoms with Gasteiger partial charge in [0.15, 0.2) is 0 Å². The number of alkyl halides is 4. The Balaban J connectivity index is 0.000000216. The van der Waals surface area contributed by atoms with E-state index in [1.807, 2.05) is 60.7 Å². The lowest BCUT2D eigenvalue weighted by Crippen LogP contribution is -2.44. The molecule has 0 unspecified atom stereocenters. The number of nitrogens with zero attached hydrogens (tertiary/aromatic N) is 7. The lowest BCUT2D eigenvalue weighted by atomic mass is 9.94. The van der Waals surface area contributed by atoms with E-state index in [9.17, 15) is 31.5 Å². The Labute approximate surface area is 383 Å². The van der Waals surface area contributed by atoms with Crippen molar-refractivity contribution in [2.75, 3.05) is 36.0 Å². The number of carbonyl (C=O) groups is 2. The highest BCUT2D eigenvalue weighted by atomic mass is 35.5. The van der Waals surface area contributed by atoms with Crippen molar-refractivity contribution < 1.29 is 44.8 Å². The molecule has 66 heavy (non-hydrogen) atoms. The normalized spacial score (nSPS) is 14.8. The molecule has 2 saturated heterocycles. The largest absolute Gasteiger partial charge is 0.415 e. The number of benzene rings is 4. The number of hydrogen-bond acceptors (Lipinski definition) is 10. The van der Waals surface area contributed by atoms with Crippen LogP contribution in [0, 0.1) is 23.5 Å². The summed E-state index contributed by atoms with van der Waals surface area (Å²) in [7, 11) is 0. The Morgan fingerprint density at radius 2 is 1.05 bits per heavy atom. The zero-order valence-electron chi connectivity index (χ0n) is 36.1. The first kappa shape index (κ1) is 49.3. The van der Waals surface area contributed by atoms with E-state index >= 15 is 4.39 Å². The molecule has 6 aromatic rings. The minimum atomic E-state index is -2.90. The molecular weight excluding hydrogens is 890 g/mol. The number of anilines is 2. The van der Waals surface area contributed by atoms with Gasteiger partial charge in [-0.3, -0.25) is 9.59 Å². The second-order valence-corrected chi connectivity index (χ2v) is 16.1. The number of amides is 2. The van der Waals surface area contributed by atoms with Gasteiger partial charge in [-0.15, -0.1) is 32.8 Å². The third-order valence-electron chi connectivity index (χ3n) is 11.5. The molecule has 0 radical (unpaired) electrons. The summed E-state index contributed by atoms with van der Waals surface area (Å²) in [5.41, 5.74) is 2.36. The number of aromatic nitrogens is 4. The van der Waals surface area contributed by atoms with Crippen LogP contribution in [0.1, 0.15) is 75.3 Å². The molecule has 2 aliphatic heterocycles. The first-order valence-electron chi connectivity index (χ1n) is 21.3. The maximum atomic E-state index is 15.0. The van der Waals surface area contributed by atoms with Gasteiger partial charge in [-0.1, -0.05) is 48.5 Å². The van der Waals surface area contributed by atoms with Gasteiger partial charge in [0.05, 0.1) is 13.1 Å². The summed E-state index contributed by atoms with van der Waals surface area (Å²) in [6.07, 6.45) is -2.83. The van der Waals surface area contributed by atoms with E-state index in [0.717, 1.165) is 64.0 Å². The van der Waals surface area contributed by atoms with Crippen LogP contribution in [0.4, 0.5) is 37.7 Å². The molecule has 2 aliphatic rings. The van der Waals surface area contributed by atoms with E-state index in [2.05, 4.69) is 44.5 Å². The first-order valence-corrected chi connectivity index (χ1v) is 21.3. The number of likely N-dealkylation sites (tertiary alicyclic amines) is 1. The molecule has 0 spiro atoms. The molecule has 4 heterocycles. The molecule has 19 heteroatoms. The van der Waals surface area contributed by atoms with Gasteiger partial charge in [0.25, 0.3) is 11.8 Å². The van der Waals surface area contributed by atoms with Gasteiger partial charge in [0.2, 0.25) is 23.6 Å². The average molecular weight is 939 g/mol. The number of carbonyl (C=O) groups excluding carboxylic acids is 2. The highest BCUT2D eigenvalue weighted by Crippen LogP contribution is 2.31. The Kier molecular flexibility index (Phi) is 17.1. The molecule has 12 nitrogen and oxygen atoms in total. The molecule has 2 amide bonds. The predicted octanol–water partition coefficient (Wildman–Crippen LogP) is 10.2. The van der Waals surface area contributed by atoms with E-state index in [4.69, 9.17) is 8.83 Å². The van der Waals surface area contributed by atoms with E-state index in [-0.39, 0.29) is 72.1 Å². The standard InChI is InChI=1S/C25H27F3N4O2.C22H21F3N4O2.ClH/c1-16(2)31-12-10-17(11-13-31)25(33)32(20-6-4-3-5-7-20)15-19-9-8-18(14-21(19)26)23-29-30-24(34-23)22(27)28;23-18-12-15(20-27-28-21(31-20)19(24)25)6-7-16(18)13-29(17-4-2-1-3-5-17)22(30)14-8-10-26-11-9-14;/h3-9,14,16-17,22H,10-13,15H2,1-2H3;1-7,12,14,19,26H,8-11,13H2;1H. The summed E-state index contributed by atoms with van der Waals surface area (Å²) in [4.78, 5) is 32.3. The maximum absolute atomic E-state index is 15.0. The van der Waals surface area contributed by atoms with Gasteiger partial charge < -0.3 is 28.9 Å². The minimum Gasteiger partial charge on any atom is -0.415 e. The third kappa shape index (κ3) is 12.2. The molecule has 4 aromatic carbocycles. The van der Waals surface area contributed by atoms with Gasteiger partial charge in [-0.2, -0.15) is 17.6 Å². The van der Waals surface area contributed by atoms with Crippen molar-refractivity contribution in [1.29, 1.82) is 0 Å². The van der Waals surface area contributed by atoms with E-state index in [0.29, 0.717) is 28.5 Å². The van der Waals surface area contributed by atoms with Crippen LogP contribution in [0.25, 0.3) is 22.9 Å². The molecule has 0 aliphatic carbocycles. The van der Waals surface area contributed by atoms with Crippen LogP contribution in [0.3, 0.4) is 0 Å². The van der Waals surface area contributed by atoms with Gasteiger partial charge in [0, 0.05) is 51.5 Å². The Bertz CT molecular complexity index is 2500. The fraction of sp³-hybridized carbons (Fsp3) is 0.362. The van der Waals surface area contributed by atoms with Crippen LogP contribution in [0.5, 0.6) is 0 Å². The van der Waals surface area contributed by atoms with E-state index in [1.165, 1.54) is 24.3 Å². The van der Waals surface area contributed by atoms with Crippen molar-refractivity contribution in [3.63, 3.8) is 0 Å². The number of hydrogen-bond donors (Lipinski definition) is 1. The fourth-order valence-corrected chi connectivity index (χ4v) is 7.82. The summed E-state index contributed by atoms with van der Waals surface area (Å²) in [6.45, 7) is 7.63. The molecule has 0 atom stereocenters. The number of halogens is 7. The second-order valence-electron chi connectivity index (χ2n) is 16.1. The average Bonchev–Trinajstić information content (AvgIpc) is 4.04. The molecule has 350 valence electrons. The monoisotopic (exact) mass is 938 g/mol. The number of rotatable bonds is 13. The lowest BCUT2D eigenvalue weighted by Gasteiger charge is -2.36. The van der Waals surface area contributed by atoms with Crippen LogP contribution in [0.15, 0.2) is 106 Å². The topological polar surface area (TPSA) is 134 Å². The second kappa shape index (κ2) is 22.9. The molecule has 1 N–H and O–H groups in total. The van der Waals surface area contributed by atoms with Crippen molar-refractivity contribution >= 4 is 35.6 Å².